The van der Waals surface area contributed by atoms with E-state index < -0.39 is 5.97 Å². The van der Waals surface area contributed by atoms with Gasteiger partial charge in [0.15, 0.2) is 5.88 Å². The molecule has 0 aliphatic rings. The summed E-state index contributed by atoms with van der Waals surface area (Å²) in [5.41, 5.74) is 1.07. The number of aromatic carboxylic acids is 1. The second-order valence-corrected chi connectivity index (χ2v) is 4.27. The van der Waals surface area contributed by atoms with Crippen molar-refractivity contribution in [2.45, 2.75) is 6.54 Å². The van der Waals surface area contributed by atoms with E-state index in [-0.39, 0.29) is 5.76 Å². The van der Waals surface area contributed by atoms with Gasteiger partial charge in [-0.3, -0.25) is 0 Å². The molecule has 1 aromatic carbocycles. The Bertz CT molecular complexity index is 536. The molecular formula is C12H10BrNO3. The fourth-order valence-corrected chi connectivity index (χ4v) is 1.80. The van der Waals surface area contributed by atoms with Crippen LogP contribution in [0, 0.1) is 0 Å². The van der Waals surface area contributed by atoms with Gasteiger partial charge in [-0.25, -0.2) is 4.79 Å². The number of furan rings is 1. The summed E-state index contributed by atoms with van der Waals surface area (Å²) in [5, 5.41) is 11.7. The summed E-state index contributed by atoms with van der Waals surface area (Å²) >= 11 is 3.43. The smallest absolute Gasteiger partial charge is 0.371 e. The first-order valence-electron chi connectivity index (χ1n) is 4.97. The Hall–Kier alpha value is -1.75. The highest BCUT2D eigenvalue weighted by Gasteiger charge is 2.08. The Balaban J connectivity index is 2.02. The monoisotopic (exact) mass is 295 g/mol. The number of nitrogens with one attached hydrogen (secondary N) is 1. The minimum Gasteiger partial charge on any atom is -0.475 e. The normalized spacial score (nSPS) is 10.2. The van der Waals surface area contributed by atoms with E-state index in [0.29, 0.717) is 12.4 Å². The summed E-state index contributed by atoms with van der Waals surface area (Å²) in [7, 11) is 0. The molecule has 1 aromatic heterocycles. The standard InChI is InChI=1S/C12H10BrNO3/c13-9-4-2-1-3-8(9)7-14-11-6-5-10(17-11)12(15)16/h1-6,14H,7H2,(H,15,16). The molecule has 88 valence electrons. The summed E-state index contributed by atoms with van der Waals surface area (Å²) in [5.74, 6) is -0.697. The zero-order chi connectivity index (χ0) is 12.3. The average molecular weight is 296 g/mol. The molecule has 2 aromatic rings. The average Bonchev–Trinajstić information content (AvgIpc) is 2.77. The molecule has 0 atom stereocenters. The summed E-state index contributed by atoms with van der Waals surface area (Å²) in [4.78, 5) is 10.6. The van der Waals surface area contributed by atoms with E-state index in [9.17, 15) is 4.79 Å². The van der Waals surface area contributed by atoms with Crippen LogP contribution in [0.1, 0.15) is 16.1 Å². The number of carbonyl (C=O) groups is 1. The minimum absolute atomic E-state index is 0.0698. The molecule has 0 amide bonds. The van der Waals surface area contributed by atoms with Crippen LogP contribution in [0.25, 0.3) is 0 Å². The van der Waals surface area contributed by atoms with E-state index >= 15 is 0 Å². The third-order valence-corrected chi connectivity index (χ3v) is 3.00. The maximum Gasteiger partial charge on any atom is 0.371 e. The van der Waals surface area contributed by atoms with Crippen LogP contribution in [0.2, 0.25) is 0 Å². The Morgan fingerprint density at radius 1 is 1.29 bits per heavy atom. The highest BCUT2D eigenvalue weighted by molar-refractivity contribution is 9.10. The lowest BCUT2D eigenvalue weighted by molar-refractivity contribution is 0.0663. The fraction of sp³-hybridized carbons (Fsp3) is 0.0833. The van der Waals surface area contributed by atoms with Gasteiger partial charge in [-0.05, 0) is 17.7 Å². The third-order valence-electron chi connectivity index (χ3n) is 2.23. The summed E-state index contributed by atoms with van der Waals surface area (Å²) in [6.07, 6.45) is 0. The van der Waals surface area contributed by atoms with Crippen LogP contribution in [0.4, 0.5) is 5.88 Å². The number of hydrogen-bond acceptors (Lipinski definition) is 3. The van der Waals surface area contributed by atoms with Crippen molar-refractivity contribution in [2.75, 3.05) is 5.32 Å². The Labute approximate surface area is 106 Å². The minimum atomic E-state index is -1.07. The van der Waals surface area contributed by atoms with E-state index in [1.54, 1.807) is 6.07 Å². The molecule has 17 heavy (non-hydrogen) atoms. The molecule has 5 heteroatoms. The van der Waals surface area contributed by atoms with Gasteiger partial charge in [0.1, 0.15) is 0 Å². The van der Waals surface area contributed by atoms with Crippen molar-refractivity contribution in [3.05, 3.63) is 52.2 Å². The summed E-state index contributed by atoms with van der Waals surface area (Å²) in [6, 6.07) is 10.8. The Morgan fingerprint density at radius 2 is 2.06 bits per heavy atom. The first-order chi connectivity index (χ1) is 8.16. The Kier molecular flexibility index (Phi) is 3.49. The number of hydrogen-bond donors (Lipinski definition) is 2. The molecule has 0 saturated carbocycles. The van der Waals surface area contributed by atoms with E-state index in [1.165, 1.54) is 6.07 Å². The molecule has 0 bridgehead atoms. The second kappa shape index (κ2) is 5.05. The van der Waals surface area contributed by atoms with Gasteiger partial charge in [-0.1, -0.05) is 34.1 Å². The Morgan fingerprint density at radius 3 is 2.71 bits per heavy atom. The van der Waals surface area contributed by atoms with Crippen molar-refractivity contribution >= 4 is 27.8 Å². The van der Waals surface area contributed by atoms with Crippen LogP contribution in [0.3, 0.4) is 0 Å². The number of carboxylic acid groups (broad SMARTS) is 1. The first-order valence-corrected chi connectivity index (χ1v) is 5.76. The van der Waals surface area contributed by atoms with Gasteiger partial charge in [0.05, 0.1) is 0 Å². The molecule has 0 spiro atoms. The maximum absolute atomic E-state index is 10.6. The lowest BCUT2D eigenvalue weighted by Gasteiger charge is -2.04. The quantitative estimate of drug-likeness (QED) is 0.908. The molecule has 2 rings (SSSR count). The predicted molar refractivity (Wildman–Crippen MR) is 67.1 cm³/mol. The third kappa shape index (κ3) is 2.88. The first kappa shape index (κ1) is 11.7. The van der Waals surface area contributed by atoms with Crippen molar-refractivity contribution in [1.82, 2.24) is 0 Å². The van der Waals surface area contributed by atoms with E-state index in [0.717, 1.165) is 10.0 Å². The summed E-state index contributed by atoms with van der Waals surface area (Å²) < 4.78 is 6.08. The molecule has 0 aliphatic heterocycles. The van der Waals surface area contributed by atoms with Crippen molar-refractivity contribution in [1.29, 1.82) is 0 Å². The van der Waals surface area contributed by atoms with Crippen LogP contribution in [0.15, 0.2) is 45.3 Å². The van der Waals surface area contributed by atoms with Crippen LogP contribution in [-0.4, -0.2) is 11.1 Å². The number of benzene rings is 1. The van der Waals surface area contributed by atoms with Crippen LogP contribution < -0.4 is 5.32 Å². The van der Waals surface area contributed by atoms with E-state index in [2.05, 4.69) is 21.2 Å². The van der Waals surface area contributed by atoms with E-state index in [1.807, 2.05) is 24.3 Å². The largest absolute Gasteiger partial charge is 0.475 e. The van der Waals surface area contributed by atoms with Crippen LogP contribution in [0.5, 0.6) is 0 Å². The summed E-state index contributed by atoms with van der Waals surface area (Å²) in [6.45, 7) is 0.563. The second-order valence-electron chi connectivity index (χ2n) is 3.41. The molecule has 0 radical (unpaired) electrons. The van der Waals surface area contributed by atoms with Crippen molar-refractivity contribution in [2.24, 2.45) is 0 Å². The predicted octanol–water partition coefficient (Wildman–Crippen LogP) is 3.35. The zero-order valence-corrected chi connectivity index (χ0v) is 10.4. The highest BCUT2D eigenvalue weighted by Crippen LogP contribution is 2.19. The topological polar surface area (TPSA) is 62.5 Å². The number of rotatable bonds is 4. The number of anilines is 1. The molecular weight excluding hydrogens is 286 g/mol. The van der Waals surface area contributed by atoms with Crippen molar-refractivity contribution < 1.29 is 14.3 Å². The van der Waals surface area contributed by atoms with Crippen LogP contribution >= 0.6 is 15.9 Å². The molecule has 0 fully saturated rings. The molecule has 1 heterocycles. The number of carboxylic acids is 1. The molecule has 2 N–H and O–H groups in total. The van der Waals surface area contributed by atoms with Gasteiger partial charge in [0.2, 0.25) is 5.76 Å². The van der Waals surface area contributed by atoms with Gasteiger partial charge in [0.25, 0.3) is 0 Å². The highest BCUT2D eigenvalue weighted by atomic mass is 79.9. The molecule has 4 nitrogen and oxygen atoms in total. The molecule has 0 saturated heterocycles. The molecule has 0 aliphatic carbocycles. The molecule has 0 unspecified atom stereocenters. The zero-order valence-electron chi connectivity index (χ0n) is 8.81. The lowest BCUT2D eigenvalue weighted by atomic mass is 10.2. The fourth-order valence-electron chi connectivity index (χ4n) is 1.37. The van der Waals surface area contributed by atoms with Gasteiger partial charge in [0, 0.05) is 17.1 Å². The van der Waals surface area contributed by atoms with Crippen LogP contribution in [-0.2, 0) is 6.54 Å². The van der Waals surface area contributed by atoms with Gasteiger partial charge >= 0.3 is 5.97 Å². The SMILES string of the molecule is O=C(O)c1ccc(NCc2ccccc2Br)o1. The van der Waals surface area contributed by atoms with Crippen molar-refractivity contribution in [3.8, 4) is 0 Å². The van der Waals surface area contributed by atoms with E-state index in [4.69, 9.17) is 9.52 Å². The van der Waals surface area contributed by atoms with Crippen molar-refractivity contribution in [3.63, 3.8) is 0 Å². The number of halogens is 1. The lowest BCUT2D eigenvalue weighted by Crippen LogP contribution is -1.99. The maximum atomic E-state index is 10.6. The van der Waals surface area contributed by atoms with Gasteiger partial charge in [-0.2, -0.15) is 0 Å². The van der Waals surface area contributed by atoms with Gasteiger partial charge in [-0.15, -0.1) is 0 Å². The van der Waals surface area contributed by atoms with Gasteiger partial charge < -0.3 is 14.8 Å².